The SMILES string of the molecule is COc1ccc(S(=O)(=O)N2CCCc3c(N)cccc32)c([N+](=O)[O-])c1.Cl. The molecule has 2 aromatic rings. The summed E-state index contributed by atoms with van der Waals surface area (Å²) in [6.07, 6.45) is 1.25. The third-order valence-electron chi connectivity index (χ3n) is 4.18. The largest absolute Gasteiger partial charge is 0.497 e. The van der Waals surface area contributed by atoms with Gasteiger partial charge in [-0.15, -0.1) is 12.4 Å². The first kappa shape index (κ1) is 19.8. The van der Waals surface area contributed by atoms with E-state index in [1.54, 1.807) is 18.2 Å². The van der Waals surface area contributed by atoms with Crippen LogP contribution < -0.4 is 14.8 Å². The molecular weight excluding hydrogens is 382 g/mol. The number of nitrogens with two attached hydrogens (primary N) is 1. The lowest BCUT2D eigenvalue weighted by Crippen LogP contribution is -2.36. The van der Waals surface area contributed by atoms with Crippen molar-refractivity contribution in [3.63, 3.8) is 0 Å². The van der Waals surface area contributed by atoms with Gasteiger partial charge in [-0.25, -0.2) is 8.42 Å². The van der Waals surface area contributed by atoms with Crippen LogP contribution in [0.25, 0.3) is 0 Å². The van der Waals surface area contributed by atoms with E-state index in [2.05, 4.69) is 0 Å². The molecule has 0 aliphatic carbocycles. The van der Waals surface area contributed by atoms with Gasteiger partial charge in [-0.1, -0.05) is 6.07 Å². The summed E-state index contributed by atoms with van der Waals surface area (Å²) in [5.74, 6) is 0.217. The summed E-state index contributed by atoms with van der Waals surface area (Å²) >= 11 is 0. The molecule has 26 heavy (non-hydrogen) atoms. The molecule has 0 bridgehead atoms. The van der Waals surface area contributed by atoms with E-state index in [1.165, 1.54) is 23.5 Å². The van der Waals surface area contributed by atoms with Gasteiger partial charge < -0.3 is 10.5 Å². The van der Waals surface area contributed by atoms with Gasteiger partial charge in [0.25, 0.3) is 15.7 Å². The number of nitrogens with zero attached hydrogens (tertiary/aromatic N) is 2. The Bertz CT molecular complexity index is 949. The molecule has 0 saturated carbocycles. The van der Waals surface area contributed by atoms with Crippen LogP contribution in [0.15, 0.2) is 41.3 Å². The predicted octanol–water partition coefficient (Wildman–Crippen LogP) is 2.75. The molecular formula is C16H18ClN3O5S. The van der Waals surface area contributed by atoms with Gasteiger partial charge in [0.15, 0.2) is 4.90 Å². The Hall–Kier alpha value is -2.52. The molecule has 0 aromatic heterocycles. The highest BCUT2D eigenvalue weighted by Gasteiger charge is 2.35. The number of hydrogen-bond donors (Lipinski definition) is 1. The average Bonchev–Trinajstić information content (AvgIpc) is 2.61. The quantitative estimate of drug-likeness (QED) is 0.480. The number of halogens is 1. The third kappa shape index (κ3) is 3.27. The number of benzene rings is 2. The number of nitro groups is 1. The van der Waals surface area contributed by atoms with Gasteiger partial charge in [-0.2, -0.15) is 0 Å². The molecule has 10 heteroatoms. The van der Waals surface area contributed by atoms with Crippen LogP contribution in [-0.2, 0) is 16.4 Å². The predicted molar refractivity (Wildman–Crippen MR) is 101 cm³/mol. The molecule has 0 atom stereocenters. The van der Waals surface area contributed by atoms with Crippen molar-refractivity contribution in [1.82, 2.24) is 0 Å². The van der Waals surface area contributed by atoms with Crippen molar-refractivity contribution < 1.29 is 18.1 Å². The first-order chi connectivity index (χ1) is 11.9. The first-order valence-corrected chi connectivity index (χ1v) is 9.03. The second-order valence-corrected chi connectivity index (χ2v) is 7.45. The highest BCUT2D eigenvalue weighted by atomic mass is 35.5. The zero-order chi connectivity index (χ0) is 18.2. The van der Waals surface area contributed by atoms with Gasteiger partial charge in [0, 0.05) is 12.2 Å². The molecule has 8 nitrogen and oxygen atoms in total. The summed E-state index contributed by atoms with van der Waals surface area (Å²) < 4.78 is 32.4. The summed E-state index contributed by atoms with van der Waals surface area (Å²) in [6, 6.07) is 8.75. The van der Waals surface area contributed by atoms with Gasteiger partial charge in [-0.05, 0) is 42.7 Å². The number of anilines is 2. The Kier molecular flexibility index (Phi) is 5.62. The van der Waals surface area contributed by atoms with Gasteiger partial charge >= 0.3 is 0 Å². The lowest BCUT2D eigenvalue weighted by molar-refractivity contribution is -0.387. The molecule has 0 fully saturated rings. The Morgan fingerprint density at radius 3 is 2.65 bits per heavy atom. The molecule has 0 saturated heterocycles. The monoisotopic (exact) mass is 399 g/mol. The van der Waals surface area contributed by atoms with E-state index in [0.29, 0.717) is 24.2 Å². The summed E-state index contributed by atoms with van der Waals surface area (Å²) in [5.41, 5.74) is 7.17. The van der Waals surface area contributed by atoms with Gasteiger partial charge in [0.05, 0.1) is 23.8 Å². The maximum absolute atomic E-state index is 13.1. The van der Waals surface area contributed by atoms with E-state index >= 15 is 0 Å². The fraction of sp³-hybridized carbons (Fsp3) is 0.250. The number of fused-ring (bicyclic) bond motifs is 1. The smallest absolute Gasteiger partial charge is 0.293 e. The second-order valence-electron chi connectivity index (χ2n) is 5.62. The number of nitrogen functional groups attached to an aromatic ring is 1. The standard InChI is InChI=1S/C16H17N3O5S.ClH/c1-24-11-7-8-16(15(10-11)19(20)21)25(22,23)18-9-3-4-12-13(17)5-2-6-14(12)18;/h2,5-8,10H,3-4,9,17H2,1H3;1H. The minimum Gasteiger partial charge on any atom is -0.497 e. The minimum atomic E-state index is -4.11. The van der Waals surface area contributed by atoms with Crippen molar-refractivity contribution in [2.24, 2.45) is 0 Å². The third-order valence-corrected chi connectivity index (χ3v) is 6.04. The molecule has 2 aromatic carbocycles. The number of ether oxygens (including phenoxy) is 1. The Balaban J connectivity index is 0.00000243. The number of nitro benzene ring substituents is 1. The number of sulfonamides is 1. The number of hydrogen-bond acceptors (Lipinski definition) is 6. The van der Waals surface area contributed by atoms with E-state index in [0.717, 1.165) is 11.6 Å². The van der Waals surface area contributed by atoms with Crippen LogP contribution in [0.1, 0.15) is 12.0 Å². The van der Waals surface area contributed by atoms with Crippen LogP contribution >= 0.6 is 12.4 Å². The fourth-order valence-electron chi connectivity index (χ4n) is 2.97. The van der Waals surface area contributed by atoms with Crippen molar-refractivity contribution in [3.8, 4) is 5.75 Å². The van der Waals surface area contributed by atoms with Crippen molar-refractivity contribution in [1.29, 1.82) is 0 Å². The zero-order valence-electron chi connectivity index (χ0n) is 13.9. The topological polar surface area (TPSA) is 116 Å². The molecule has 0 radical (unpaired) electrons. The highest BCUT2D eigenvalue weighted by molar-refractivity contribution is 7.93. The van der Waals surface area contributed by atoms with Crippen molar-refractivity contribution in [2.75, 3.05) is 23.7 Å². The summed E-state index contributed by atoms with van der Waals surface area (Å²) in [4.78, 5) is 10.3. The molecule has 0 unspecified atom stereocenters. The van der Waals surface area contributed by atoms with Crippen LogP contribution in [0, 0.1) is 10.1 Å². The number of methoxy groups -OCH3 is 1. The molecule has 2 N–H and O–H groups in total. The fourth-order valence-corrected chi connectivity index (χ4v) is 4.65. The summed E-state index contributed by atoms with van der Waals surface area (Å²) in [6.45, 7) is 0.238. The zero-order valence-corrected chi connectivity index (χ0v) is 15.5. The van der Waals surface area contributed by atoms with Crippen molar-refractivity contribution in [2.45, 2.75) is 17.7 Å². The Morgan fingerprint density at radius 1 is 1.27 bits per heavy atom. The van der Waals surface area contributed by atoms with Crippen LogP contribution in [0.4, 0.5) is 17.1 Å². The lowest BCUT2D eigenvalue weighted by Gasteiger charge is -2.31. The minimum absolute atomic E-state index is 0. The Morgan fingerprint density at radius 2 is 2.00 bits per heavy atom. The molecule has 0 spiro atoms. The van der Waals surface area contributed by atoms with Crippen LogP contribution in [-0.4, -0.2) is 27.0 Å². The van der Waals surface area contributed by atoms with Gasteiger partial charge in [0.2, 0.25) is 0 Å². The second kappa shape index (κ2) is 7.38. The van der Waals surface area contributed by atoms with E-state index in [1.807, 2.05) is 0 Å². The van der Waals surface area contributed by atoms with Crippen LogP contribution in [0.5, 0.6) is 5.75 Å². The molecule has 1 aliphatic heterocycles. The summed E-state index contributed by atoms with van der Waals surface area (Å²) in [5, 5.41) is 11.4. The van der Waals surface area contributed by atoms with E-state index in [4.69, 9.17) is 10.5 Å². The normalized spacial score (nSPS) is 13.5. The van der Waals surface area contributed by atoms with Crippen molar-refractivity contribution in [3.05, 3.63) is 52.1 Å². The van der Waals surface area contributed by atoms with E-state index in [9.17, 15) is 18.5 Å². The van der Waals surface area contributed by atoms with E-state index < -0.39 is 20.6 Å². The molecule has 1 heterocycles. The number of rotatable bonds is 4. The molecule has 3 rings (SSSR count). The first-order valence-electron chi connectivity index (χ1n) is 7.59. The maximum atomic E-state index is 13.1. The maximum Gasteiger partial charge on any atom is 0.293 e. The highest BCUT2D eigenvalue weighted by Crippen LogP contribution is 2.37. The van der Waals surface area contributed by atoms with Crippen LogP contribution in [0.3, 0.4) is 0 Å². The molecule has 1 aliphatic rings. The van der Waals surface area contributed by atoms with Crippen LogP contribution in [0.2, 0.25) is 0 Å². The lowest BCUT2D eigenvalue weighted by atomic mass is 10.0. The Labute approximate surface area is 157 Å². The van der Waals surface area contributed by atoms with Crippen molar-refractivity contribution >= 4 is 39.5 Å². The molecule has 140 valence electrons. The summed E-state index contributed by atoms with van der Waals surface area (Å²) in [7, 11) is -2.75. The average molecular weight is 400 g/mol. The van der Waals surface area contributed by atoms with E-state index in [-0.39, 0.29) is 29.6 Å². The van der Waals surface area contributed by atoms with Gasteiger partial charge in [0.1, 0.15) is 5.75 Å². The molecule has 0 amide bonds. The van der Waals surface area contributed by atoms with Gasteiger partial charge in [-0.3, -0.25) is 14.4 Å².